The lowest BCUT2D eigenvalue weighted by molar-refractivity contribution is -0.129. The molecule has 0 radical (unpaired) electrons. The highest BCUT2D eigenvalue weighted by Gasteiger charge is 2.40. The lowest BCUT2D eigenvalue weighted by atomic mass is 9.69. The minimum absolute atomic E-state index is 0.0199. The fourth-order valence-corrected chi connectivity index (χ4v) is 4.00. The molecule has 3 atom stereocenters. The molecule has 1 heterocycles. The third kappa shape index (κ3) is 4.23. The molecule has 1 saturated carbocycles. The van der Waals surface area contributed by atoms with E-state index < -0.39 is 5.60 Å². The van der Waals surface area contributed by atoms with E-state index in [9.17, 15) is 9.59 Å². The van der Waals surface area contributed by atoms with Crippen molar-refractivity contribution in [3.63, 3.8) is 0 Å². The summed E-state index contributed by atoms with van der Waals surface area (Å²) in [5.74, 6) is 1.47. The minimum atomic E-state index is -0.481. The molecule has 1 aliphatic carbocycles. The molecule has 0 aromatic carbocycles. The third-order valence-electron chi connectivity index (χ3n) is 5.12. The van der Waals surface area contributed by atoms with Crippen molar-refractivity contribution in [3.8, 4) is 0 Å². The van der Waals surface area contributed by atoms with Crippen molar-refractivity contribution in [2.45, 2.75) is 71.8 Å². The zero-order valence-electron chi connectivity index (χ0n) is 14.6. The number of carbonyl (C=O) groups is 2. The zero-order valence-corrected chi connectivity index (χ0v) is 14.6. The van der Waals surface area contributed by atoms with Crippen LogP contribution in [-0.4, -0.2) is 35.5 Å². The Bertz CT molecular complexity index is 413. The third-order valence-corrected chi connectivity index (χ3v) is 5.12. The summed E-state index contributed by atoms with van der Waals surface area (Å²) in [5.41, 5.74) is -0.481. The molecule has 22 heavy (non-hydrogen) atoms. The van der Waals surface area contributed by atoms with Crippen LogP contribution in [0, 0.1) is 17.8 Å². The molecule has 0 bridgehead atoms. The summed E-state index contributed by atoms with van der Waals surface area (Å²) in [6.45, 7) is 8.92. The van der Waals surface area contributed by atoms with Crippen LogP contribution in [0.4, 0.5) is 4.79 Å². The molecule has 3 unspecified atom stereocenters. The van der Waals surface area contributed by atoms with Crippen LogP contribution < -0.4 is 0 Å². The zero-order chi connectivity index (χ0) is 16.3. The Hall–Kier alpha value is -1.06. The second-order valence-electron chi connectivity index (χ2n) is 7.87. The second-order valence-corrected chi connectivity index (χ2v) is 7.87. The molecular weight excluding hydrogens is 278 g/mol. The summed E-state index contributed by atoms with van der Waals surface area (Å²) in [7, 11) is 0. The molecule has 4 nitrogen and oxygen atoms in total. The molecule has 1 saturated heterocycles. The van der Waals surface area contributed by atoms with Gasteiger partial charge in [-0.3, -0.25) is 4.79 Å². The highest BCUT2D eigenvalue weighted by molar-refractivity contribution is 5.84. The number of piperidine rings is 1. The number of amides is 1. The summed E-state index contributed by atoms with van der Waals surface area (Å²) in [6.07, 6.45) is 6.23. The lowest BCUT2D eigenvalue weighted by Gasteiger charge is -2.41. The first-order valence-corrected chi connectivity index (χ1v) is 8.82. The van der Waals surface area contributed by atoms with E-state index in [0.717, 1.165) is 12.8 Å². The first kappa shape index (κ1) is 17.3. The smallest absolute Gasteiger partial charge is 0.410 e. The maximum absolute atomic E-state index is 12.4. The van der Waals surface area contributed by atoms with Crippen molar-refractivity contribution in [3.05, 3.63) is 0 Å². The average molecular weight is 309 g/mol. The van der Waals surface area contributed by atoms with Gasteiger partial charge in [0.1, 0.15) is 11.4 Å². The topological polar surface area (TPSA) is 46.6 Å². The number of ether oxygens (including phenoxy) is 1. The molecule has 2 rings (SSSR count). The molecule has 0 spiro atoms. The number of hydrogen-bond donors (Lipinski definition) is 0. The Kier molecular flexibility index (Phi) is 5.51. The Labute approximate surface area is 134 Å². The van der Waals surface area contributed by atoms with E-state index in [0.29, 0.717) is 37.1 Å². The number of hydrogen-bond acceptors (Lipinski definition) is 3. The van der Waals surface area contributed by atoms with Gasteiger partial charge in [-0.15, -0.1) is 0 Å². The minimum Gasteiger partial charge on any atom is -0.444 e. The summed E-state index contributed by atoms with van der Waals surface area (Å²) >= 11 is 0. The predicted octanol–water partition coefficient (Wildman–Crippen LogP) is 4.03. The maximum atomic E-state index is 12.4. The van der Waals surface area contributed by atoms with Crippen LogP contribution in [0.3, 0.4) is 0 Å². The van der Waals surface area contributed by atoms with Gasteiger partial charge in [-0.05, 0) is 39.0 Å². The normalized spacial score (nSPS) is 30.3. The fourth-order valence-electron chi connectivity index (χ4n) is 4.00. The van der Waals surface area contributed by atoms with Crippen LogP contribution in [0.15, 0.2) is 0 Å². The predicted molar refractivity (Wildman–Crippen MR) is 86.7 cm³/mol. The number of ketones is 1. The van der Waals surface area contributed by atoms with Crippen molar-refractivity contribution < 1.29 is 14.3 Å². The van der Waals surface area contributed by atoms with E-state index in [2.05, 4.69) is 6.92 Å². The first-order chi connectivity index (χ1) is 10.3. The lowest BCUT2D eigenvalue weighted by Crippen LogP contribution is -2.49. The van der Waals surface area contributed by atoms with E-state index in [1.807, 2.05) is 20.8 Å². The average Bonchev–Trinajstić information content (AvgIpc) is 2.46. The van der Waals surface area contributed by atoms with Gasteiger partial charge in [0, 0.05) is 25.4 Å². The Morgan fingerprint density at radius 1 is 1.27 bits per heavy atom. The molecule has 2 aliphatic rings. The SMILES string of the molecule is CCC1CCCCC1C1CN(C(=O)OC(C)(C)C)CCC1=O. The van der Waals surface area contributed by atoms with Crippen molar-refractivity contribution in [2.24, 2.45) is 17.8 Å². The van der Waals surface area contributed by atoms with Crippen LogP contribution >= 0.6 is 0 Å². The first-order valence-electron chi connectivity index (χ1n) is 8.82. The van der Waals surface area contributed by atoms with Crippen molar-refractivity contribution in [1.29, 1.82) is 0 Å². The highest BCUT2D eigenvalue weighted by atomic mass is 16.6. The molecule has 4 heteroatoms. The van der Waals surface area contributed by atoms with Gasteiger partial charge in [0.2, 0.25) is 0 Å². The van der Waals surface area contributed by atoms with E-state index in [1.165, 1.54) is 19.3 Å². The quantitative estimate of drug-likeness (QED) is 0.773. The molecule has 0 aromatic heterocycles. The number of likely N-dealkylation sites (tertiary alicyclic amines) is 1. The standard InChI is InChI=1S/C18H31NO3/c1-5-13-8-6-7-9-14(13)15-12-19(11-10-16(15)20)17(21)22-18(2,3)4/h13-15H,5-12H2,1-4H3. The van der Waals surface area contributed by atoms with Crippen LogP contribution in [0.25, 0.3) is 0 Å². The fraction of sp³-hybridized carbons (Fsp3) is 0.889. The van der Waals surface area contributed by atoms with Crippen molar-refractivity contribution in [1.82, 2.24) is 4.90 Å². The Balaban J connectivity index is 2.04. The monoisotopic (exact) mass is 309 g/mol. The van der Waals surface area contributed by atoms with Crippen molar-refractivity contribution in [2.75, 3.05) is 13.1 Å². The van der Waals surface area contributed by atoms with Gasteiger partial charge in [-0.25, -0.2) is 4.79 Å². The van der Waals surface area contributed by atoms with Gasteiger partial charge < -0.3 is 9.64 Å². The van der Waals surface area contributed by atoms with Gasteiger partial charge in [0.05, 0.1) is 0 Å². The van der Waals surface area contributed by atoms with Gasteiger partial charge in [0.15, 0.2) is 0 Å². The summed E-state index contributed by atoms with van der Waals surface area (Å²) in [6, 6.07) is 0. The molecule has 1 amide bonds. The van der Waals surface area contributed by atoms with Gasteiger partial charge in [-0.1, -0.05) is 32.6 Å². The molecule has 2 fully saturated rings. The number of Topliss-reactive ketones (excluding diaryl/α,β-unsaturated/α-hetero) is 1. The van der Waals surface area contributed by atoms with E-state index in [4.69, 9.17) is 4.74 Å². The van der Waals surface area contributed by atoms with E-state index >= 15 is 0 Å². The van der Waals surface area contributed by atoms with Gasteiger partial charge in [0.25, 0.3) is 0 Å². The number of carbonyl (C=O) groups excluding carboxylic acids is 2. The second kappa shape index (κ2) is 7.01. The van der Waals surface area contributed by atoms with Crippen LogP contribution in [0.5, 0.6) is 0 Å². The van der Waals surface area contributed by atoms with Crippen LogP contribution in [0.1, 0.15) is 66.2 Å². The largest absolute Gasteiger partial charge is 0.444 e. The molecule has 126 valence electrons. The molecular formula is C18H31NO3. The summed E-state index contributed by atoms with van der Waals surface area (Å²) in [5, 5.41) is 0. The van der Waals surface area contributed by atoms with Crippen LogP contribution in [-0.2, 0) is 9.53 Å². The number of nitrogens with zero attached hydrogens (tertiary/aromatic N) is 1. The van der Waals surface area contributed by atoms with E-state index in [-0.39, 0.29) is 12.0 Å². The summed E-state index contributed by atoms with van der Waals surface area (Å²) in [4.78, 5) is 26.5. The molecule has 1 aliphatic heterocycles. The Morgan fingerprint density at radius 2 is 1.95 bits per heavy atom. The van der Waals surface area contributed by atoms with E-state index in [1.54, 1.807) is 4.90 Å². The highest BCUT2D eigenvalue weighted by Crippen LogP contribution is 2.39. The van der Waals surface area contributed by atoms with Gasteiger partial charge in [-0.2, -0.15) is 0 Å². The Morgan fingerprint density at radius 3 is 2.59 bits per heavy atom. The summed E-state index contributed by atoms with van der Waals surface area (Å²) < 4.78 is 5.48. The van der Waals surface area contributed by atoms with Crippen molar-refractivity contribution >= 4 is 11.9 Å². The molecule has 0 aromatic rings. The molecule has 0 N–H and O–H groups in total. The maximum Gasteiger partial charge on any atom is 0.410 e. The van der Waals surface area contributed by atoms with Gasteiger partial charge >= 0.3 is 6.09 Å². The van der Waals surface area contributed by atoms with Crippen LogP contribution in [0.2, 0.25) is 0 Å². The number of rotatable bonds is 2.